The third-order valence-corrected chi connectivity index (χ3v) is 4.55. The molecule has 0 amide bonds. The van der Waals surface area contributed by atoms with Gasteiger partial charge in [0.2, 0.25) is 5.78 Å². The summed E-state index contributed by atoms with van der Waals surface area (Å²) in [5, 5.41) is 9.58. The molecule has 0 bridgehead atoms. The van der Waals surface area contributed by atoms with Gasteiger partial charge in [0.1, 0.15) is 0 Å². The maximum absolute atomic E-state index is 13.1. The largest absolute Gasteiger partial charge is 0.268 e. The van der Waals surface area contributed by atoms with E-state index in [1.54, 1.807) is 34.7 Å². The quantitative estimate of drug-likeness (QED) is 0.493. The summed E-state index contributed by atoms with van der Waals surface area (Å²) in [4.78, 5) is 13.1. The van der Waals surface area contributed by atoms with Gasteiger partial charge < -0.3 is 0 Å². The molecule has 0 atom stereocenters. The van der Waals surface area contributed by atoms with Crippen molar-refractivity contribution in [2.24, 2.45) is 0 Å². The first-order valence-electron chi connectivity index (χ1n) is 7.01. The SMILES string of the molecule is O=c1c2ccccc2n2c(CCl)nnc2n1-c1cc(Cl)ccc1Cl. The van der Waals surface area contributed by atoms with E-state index in [1.807, 2.05) is 12.1 Å². The van der Waals surface area contributed by atoms with Gasteiger partial charge in [0.15, 0.2) is 5.82 Å². The normalized spacial score (nSPS) is 11.5. The molecule has 8 heteroatoms. The van der Waals surface area contributed by atoms with Crippen molar-refractivity contribution in [3.05, 3.63) is 68.7 Å². The first kappa shape index (κ1) is 15.4. The Labute approximate surface area is 151 Å². The molecule has 4 rings (SSSR count). The van der Waals surface area contributed by atoms with Crippen molar-refractivity contribution >= 4 is 51.5 Å². The fraction of sp³-hybridized carbons (Fsp3) is 0.0625. The minimum Gasteiger partial charge on any atom is -0.268 e. The number of hydrogen-bond acceptors (Lipinski definition) is 3. The molecule has 2 aromatic carbocycles. The van der Waals surface area contributed by atoms with Crippen LogP contribution in [-0.2, 0) is 5.88 Å². The molecular formula is C16H9Cl3N4O. The van der Waals surface area contributed by atoms with E-state index >= 15 is 0 Å². The van der Waals surface area contributed by atoms with E-state index in [0.29, 0.717) is 38.2 Å². The van der Waals surface area contributed by atoms with E-state index < -0.39 is 0 Å². The maximum atomic E-state index is 13.1. The fourth-order valence-corrected chi connectivity index (χ4v) is 3.26. The molecule has 24 heavy (non-hydrogen) atoms. The van der Waals surface area contributed by atoms with E-state index in [2.05, 4.69) is 10.2 Å². The lowest BCUT2D eigenvalue weighted by Gasteiger charge is -2.12. The molecule has 0 aliphatic carbocycles. The van der Waals surface area contributed by atoms with Crippen molar-refractivity contribution < 1.29 is 0 Å². The molecular weight excluding hydrogens is 371 g/mol. The van der Waals surface area contributed by atoms with Gasteiger partial charge in [-0.2, -0.15) is 0 Å². The lowest BCUT2D eigenvalue weighted by atomic mass is 10.2. The molecule has 0 fully saturated rings. The number of rotatable bonds is 2. The van der Waals surface area contributed by atoms with Gasteiger partial charge in [0, 0.05) is 5.02 Å². The smallest absolute Gasteiger partial charge is 0.267 e. The molecule has 0 aliphatic heterocycles. The van der Waals surface area contributed by atoms with Gasteiger partial charge >= 0.3 is 0 Å². The highest BCUT2D eigenvalue weighted by molar-refractivity contribution is 6.34. The average molecular weight is 380 g/mol. The van der Waals surface area contributed by atoms with Gasteiger partial charge in [-0.15, -0.1) is 21.8 Å². The molecule has 0 radical (unpaired) electrons. The molecule has 0 aliphatic rings. The van der Waals surface area contributed by atoms with Crippen LogP contribution in [-0.4, -0.2) is 19.2 Å². The third kappa shape index (κ3) is 2.20. The van der Waals surface area contributed by atoms with Gasteiger partial charge in [0.05, 0.1) is 27.5 Å². The summed E-state index contributed by atoms with van der Waals surface area (Å²) in [7, 11) is 0. The van der Waals surface area contributed by atoms with Crippen LogP contribution in [0, 0.1) is 0 Å². The van der Waals surface area contributed by atoms with Crippen LogP contribution in [0.4, 0.5) is 0 Å². The molecule has 0 spiro atoms. The highest BCUT2D eigenvalue weighted by Gasteiger charge is 2.18. The van der Waals surface area contributed by atoms with E-state index in [4.69, 9.17) is 34.8 Å². The summed E-state index contributed by atoms with van der Waals surface area (Å²) in [6.07, 6.45) is 0. The Morgan fingerprint density at radius 1 is 1.04 bits per heavy atom. The van der Waals surface area contributed by atoms with Crippen molar-refractivity contribution in [2.45, 2.75) is 5.88 Å². The van der Waals surface area contributed by atoms with Crippen molar-refractivity contribution in [2.75, 3.05) is 0 Å². The molecule has 0 saturated heterocycles. The van der Waals surface area contributed by atoms with E-state index in [0.717, 1.165) is 0 Å². The molecule has 0 saturated carbocycles. The molecule has 120 valence electrons. The number of nitrogens with zero attached hydrogens (tertiary/aromatic N) is 4. The number of para-hydroxylation sites is 1. The lowest BCUT2D eigenvalue weighted by molar-refractivity contribution is 0.963. The zero-order chi connectivity index (χ0) is 16.8. The van der Waals surface area contributed by atoms with Gasteiger partial charge in [-0.3, -0.25) is 9.20 Å². The van der Waals surface area contributed by atoms with Gasteiger partial charge in [-0.05, 0) is 30.3 Å². The first-order chi connectivity index (χ1) is 11.6. The topological polar surface area (TPSA) is 52.2 Å². The summed E-state index contributed by atoms with van der Waals surface area (Å²) in [5.74, 6) is 1.03. The van der Waals surface area contributed by atoms with Crippen molar-refractivity contribution in [3.8, 4) is 5.69 Å². The number of benzene rings is 2. The number of halogens is 3. The second-order valence-electron chi connectivity index (χ2n) is 5.14. The molecule has 0 N–H and O–H groups in total. The Balaban J connectivity index is 2.27. The van der Waals surface area contributed by atoms with Gasteiger partial charge in [-0.25, -0.2) is 4.57 Å². The Bertz CT molecular complexity index is 1150. The Hall–Kier alpha value is -2.08. The van der Waals surface area contributed by atoms with Gasteiger partial charge in [0.25, 0.3) is 5.56 Å². The standard InChI is InChI=1S/C16H9Cl3N4O/c17-8-14-20-21-16-22(14)12-4-2-1-3-10(12)15(24)23(16)13-7-9(18)5-6-11(13)19/h1-7H,8H2. The Morgan fingerprint density at radius 2 is 1.83 bits per heavy atom. The lowest BCUT2D eigenvalue weighted by Crippen LogP contribution is -2.22. The predicted molar refractivity (Wildman–Crippen MR) is 95.7 cm³/mol. The number of alkyl halides is 1. The maximum Gasteiger partial charge on any atom is 0.267 e. The van der Waals surface area contributed by atoms with Crippen LogP contribution in [0.2, 0.25) is 10.0 Å². The van der Waals surface area contributed by atoms with Crippen LogP contribution in [0.5, 0.6) is 0 Å². The Morgan fingerprint density at radius 3 is 2.62 bits per heavy atom. The monoisotopic (exact) mass is 378 g/mol. The highest BCUT2D eigenvalue weighted by Crippen LogP contribution is 2.26. The summed E-state index contributed by atoms with van der Waals surface area (Å²) >= 11 is 18.4. The summed E-state index contributed by atoms with van der Waals surface area (Å²) < 4.78 is 3.15. The van der Waals surface area contributed by atoms with Crippen LogP contribution in [0.15, 0.2) is 47.3 Å². The number of fused-ring (bicyclic) bond motifs is 3. The number of hydrogen-bond donors (Lipinski definition) is 0. The van der Waals surface area contributed by atoms with Crippen molar-refractivity contribution in [3.63, 3.8) is 0 Å². The molecule has 2 aromatic heterocycles. The van der Waals surface area contributed by atoms with Crippen molar-refractivity contribution in [1.29, 1.82) is 0 Å². The van der Waals surface area contributed by atoms with Crippen LogP contribution in [0.25, 0.3) is 22.4 Å². The van der Waals surface area contributed by atoms with Gasteiger partial charge in [-0.1, -0.05) is 35.3 Å². The second kappa shape index (κ2) is 5.77. The predicted octanol–water partition coefficient (Wildman–Crippen LogP) is 4.08. The average Bonchev–Trinajstić information content (AvgIpc) is 3.02. The molecule has 2 heterocycles. The molecule has 0 unspecified atom stereocenters. The molecule has 4 aromatic rings. The van der Waals surface area contributed by atoms with E-state index in [1.165, 1.54) is 4.57 Å². The zero-order valence-corrected chi connectivity index (χ0v) is 14.3. The van der Waals surface area contributed by atoms with E-state index in [-0.39, 0.29) is 11.4 Å². The van der Waals surface area contributed by atoms with Crippen LogP contribution in [0.3, 0.4) is 0 Å². The minimum atomic E-state index is -0.254. The van der Waals surface area contributed by atoms with Crippen LogP contribution >= 0.6 is 34.8 Å². The second-order valence-corrected chi connectivity index (χ2v) is 6.25. The van der Waals surface area contributed by atoms with E-state index in [9.17, 15) is 4.79 Å². The summed E-state index contributed by atoms with van der Waals surface area (Å²) in [6, 6.07) is 12.1. The molecule has 5 nitrogen and oxygen atoms in total. The fourth-order valence-electron chi connectivity index (χ4n) is 2.72. The summed E-state index contributed by atoms with van der Waals surface area (Å²) in [6.45, 7) is 0. The summed E-state index contributed by atoms with van der Waals surface area (Å²) in [5.41, 5.74) is 0.877. The highest BCUT2D eigenvalue weighted by atomic mass is 35.5. The van der Waals surface area contributed by atoms with Crippen LogP contribution < -0.4 is 5.56 Å². The zero-order valence-electron chi connectivity index (χ0n) is 12.1. The Kier molecular flexibility index (Phi) is 3.72. The number of aromatic nitrogens is 4. The first-order valence-corrected chi connectivity index (χ1v) is 8.30. The van der Waals surface area contributed by atoms with Crippen LogP contribution in [0.1, 0.15) is 5.82 Å². The third-order valence-electron chi connectivity index (χ3n) is 3.76. The minimum absolute atomic E-state index is 0.159. The van der Waals surface area contributed by atoms with Crippen molar-refractivity contribution in [1.82, 2.24) is 19.2 Å².